The van der Waals surface area contributed by atoms with E-state index in [0.29, 0.717) is 0 Å². The van der Waals surface area contributed by atoms with Crippen LogP contribution in [0.1, 0.15) is 19.4 Å². The number of nitriles is 1. The molecule has 0 aliphatic rings. The molecule has 2 rings (SSSR count). The maximum Gasteiger partial charge on any atom is 0.231 e. The minimum Gasteiger partial charge on any atom is -0.274 e. The quantitative estimate of drug-likeness (QED) is 0.755. The molecule has 118 valence electrons. The van der Waals surface area contributed by atoms with Crippen molar-refractivity contribution in [1.82, 2.24) is 9.78 Å². The molecule has 0 atom stereocenters. The van der Waals surface area contributed by atoms with Crippen molar-refractivity contribution < 1.29 is 9.59 Å². The maximum atomic E-state index is 11.8. The lowest BCUT2D eigenvalue weighted by atomic mass is 10.3. The van der Waals surface area contributed by atoms with E-state index in [0.717, 1.165) is 4.90 Å². The number of hydrogen-bond acceptors (Lipinski definition) is 4. The summed E-state index contributed by atoms with van der Waals surface area (Å²) in [5, 5.41) is 13.7. The molecule has 0 radical (unpaired) electrons. The first kappa shape index (κ1) is 17.3. The smallest absolute Gasteiger partial charge is 0.231 e. The van der Waals surface area contributed by atoms with Crippen LogP contribution in [0.5, 0.6) is 0 Å². The molecule has 0 saturated carbocycles. The summed E-state index contributed by atoms with van der Waals surface area (Å²) in [6.45, 7) is 2.41. The lowest BCUT2D eigenvalue weighted by Gasteiger charge is -2.19. The van der Waals surface area contributed by atoms with Gasteiger partial charge < -0.3 is 0 Å². The summed E-state index contributed by atoms with van der Waals surface area (Å²) < 4.78 is 1.20. The van der Waals surface area contributed by atoms with Gasteiger partial charge in [0, 0.05) is 13.8 Å². The molecule has 0 saturated heterocycles. The Balaban J connectivity index is 2.79. The van der Waals surface area contributed by atoms with Gasteiger partial charge in [-0.15, -0.1) is 0 Å². The molecular formula is C14H9Cl3N4O2. The molecular weight excluding hydrogens is 363 g/mol. The van der Waals surface area contributed by atoms with Crippen LogP contribution in [0.3, 0.4) is 0 Å². The topological polar surface area (TPSA) is 79.0 Å². The summed E-state index contributed by atoms with van der Waals surface area (Å²) in [7, 11) is 0. The zero-order valence-electron chi connectivity index (χ0n) is 12.0. The van der Waals surface area contributed by atoms with Gasteiger partial charge in [-0.05, 0) is 12.1 Å². The average Bonchev–Trinajstić information content (AvgIpc) is 2.88. The molecule has 1 heterocycles. The third-order valence-electron chi connectivity index (χ3n) is 2.95. The number of halogens is 3. The predicted octanol–water partition coefficient (Wildman–Crippen LogP) is 3.60. The van der Waals surface area contributed by atoms with Gasteiger partial charge in [0.1, 0.15) is 11.6 Å². The van der Waals surface area contributed by atoms with Crippen molar-refractivity contribution in [2.24, 2.45) is 0 Å². The van der Waals surface area contributed by atoms with Gasteiger partial charge in [0.2, 0.25) is 11.8 Å². The largest absolute Gasteiger partial charge is 0.274 e. The van der Waals surface area contributed by atoms with Gasteiger partial charge in [-0.1, -0.05) is 34.8 Å². The van der Waals surface area contributed by atoms with E-state index < -0.39 is 11.8 Å². The summed E-state index contributed by atoms with van der Waals surface area (Å²) >= 11 is 18.1. The molecule has 2 amide bonds. The van der Waals surface area contributed by atoms with Crippen molar-refractivity contribution in [1.29, 1.82) is 5.26 Å². The van der Waals surface area contributed by atoms with Gasteiger partial charge in [-0.25, -0.2) is 9.58 Å². The number of aromatic nitrogens is 2. The number of carbonyl (C=O) groups is 2. The van der Waals surface area contributed by atoms with E-state index in [1.54, 1.807) is 0 Å². The Kier molecular flexibility index (Phi) is 4.95. The number of hydrogen-bond donors (Lipinski definition) is 0. The minimum absolute atomic E-state index is 0.00668. The zero-order chi connectivity index (χ0) is 17.3. The average molecular weight is 372 g/mol. The summed E-state index contributed by atoms with van der Waals surface area (Å²) in [5.74, 6) is -1.13. The Bertz CT molecular complexity index is 840. The Labute approximate surface area is 146 Å². The maximum absolute atomic E-state index is 11.8. The van der Waals surface area contributed by atoms with E-state index in [-0.39, 0.29) is 32.1 Å². The highest BCUT2D eigenvalue weighted by Crippen LogP contribution is 2.36. The van der Waals surface area contributed by atoms with Crippen LogP contribution in [-0.2, 0) is 9.59 Å². The van der Waals surface area contributed by atoms with Gasteiger partial charge in [0.15, 0.2) is 5.82 Å². The van der Waals surface area contributed by atoms with Crippen LogP contribution in [0.15, 0.2) is 18.3 Å². The first-order valence-corrected chi connectivity index (χ1v) is 7.36. The molecule has 1 aromatic carbocycles. The number of rotatable bonds is 2. The van der Waals surface area contributed by atoms with Gasteiger partial charge in [-0.2, -0.15) is 10.4 Å². The van der Waals surface area contributed by atoms with Gasteiger partial charge in [0.05, 0.1) is 27.0 Å². The molecule has 23 heavy (non-hydrogen) atoms. The second-order valence-electron chi connectivity index (χ2n) is 4.47. The van der Waals surface area contributed by atoms with Crippen LogP contribution < -0.4 is 4.90 Å². The van der Waals surface area contributed by atoms with E-state index in [1.807, 2.05) is 6.07 Å². The van der Waals surface area contributed by atoms with E-state index in [4.69, 9.17) is 34.8 Å². The number of nitrogens with zero attached hydrogens (tertiary/aromatic N) is 4. The van der Waals surface area contributed by atoms with Crippen LogP contribution >= 0.6 is 34.8 Å². The summed E-state index contributed by atoms with van der Waals surface area (Å²) in [5.41, 5.74) is 0.322. The minimum atomic E-state index is -0.563. The normalized spacial score (nSPS) is 10.3. The van der Waals surface area contributed by atoms with Crippen molar-refractivity contribution in [3.63, 3.8) is 0 Å². The van der Waals surface area contributed by atoms with Gasteiger partial charge in [0.25, 0.3) is 0 Å². The Morgan fingerprint density at radius 2 is 1.78 bits per heavy atom. The second-order valence-corrected chi connectivity index (χ2v) is 5.64. The molecule has 0 aliphatic heterocycles. The SMILES string of the molecule is CC(=O)N(C(C)=O)c1c(C#N)cnn1-c1ccc(Cl)c(Cl)c1Cl. The molecule has 0 aliphatic carbocycles. The number of anilines is 1. The van der Waals surface area contributed by atoms with E-state index >= 15 is 0 Å². The number of benzene rings is 1. The highest BCUT2D eigenvalue weighted by atomic mass is 35.5. The fourth-order valence-corrected chi connectivity index (χ4v) is 2.62. The van der Waals surface area contributed by atoms with E-state index in [2.05, 4.69) is 5.10 Å². The third-order valence-corrected chi connectivity index (χ3v) is 4.23. The van der Waals surface area contributed by atoms with Crippen molar-refractivity contribution in [3.05, 3.63) is 39.0 Å². The summed E-state index contributed by atoms with van der Waals surface area (Å²) in [4.78, 5) is 24.5. The van der Waals surface area contributed by atoms with Crippen molar-refractivity contribution in [2.45, 2.75) is 13.8 Å². The van der Waals surface area contributed by atoms with Crippen LogP contribution in [0, 0.1) is 11.3 Å². The Morgan fingerprint density at radius 1 is 1.17 bits per heavy atom. The van der Waals surface area contributed by atoms with Crippen LogP contribution in [0.4, 0.5) is 5.82 Å². The fraction of sp³-hybridized carbons (Fsp3) is 0.143. The van der Waals surface area contributed by atoms with Crippen molar-refractivity contribution in [3.8, 4) is 11.8 Å². The van der Waals surface area contributed by atoms with Crippen LogP contribution in [0.2, 0.25) is 15.1 Å². The third kappa shape index (κ3) is 3.04. The van der Waals surface area contributed by atoms with Crippen LogP contribution in [-0.4, -0.2) is 21.6 Å². The van der Waals surface area contributed by atoms with Crippen LogP contribution in [0.25, 0.3) is 5.69 Å². The second kappa shape index (κ2) is 6.59. The highest BCUT2D eigenvalue weighted by molar-refractivity contribution is 6.48. The molecule has 0 unspecified atom stereocenters. The summed E-state index contributed by atoms with van der Waals surface area (Å²) in [6, 6.07) is 4.90. The van der Waals surface area contributed by atoms with E-state index in [1.165, 1.54) is 36.9 Å². The molecule has 9 heteroatoms. The summed E-state index contributed by atoms with van der Waals surface area (Å²) in [6.07, 6.45) is 1.23. The first-order chi connectivity index (χ1) is 10.8. The number of carbonyl (C=O) groups excluding carboxylic acids is 2. The molecule has 0 spiro atoms. The zero-order valence-corrected chi connectivity index (χ0v) is 14.2. The lowest BCUT2D eigenvalue weighted by Crippen LogP contribution is -2.35. The highest BCUT2D eigenvalue weighted by Gasteiger charge is 2.27. The molecule has 0 fully saturated rings. The van der Waals surface area contributed by atoms with Gasteiger partial charge in [-0.3, -0.25) is 9.59 Å². The Hall–Kier alpha value is -2.07. The monoisotopic (exact) mass is 370 g/mol. The first-order valence-electron chi connectivity index (χ1n) is 6.22. The van der Waals surface area contributed by atoms with Crippen molar-refractivity contribution >= 4 is 52.4 Å². The molecule has 1 aromatic heterocycles. The molecule has 0 N–H and O–H groups in total. The van der Waals surface area contributed by atoms with Crippen molar-refractivity contribution in [2.75, 3.05) is 4.90 Å². The Morgan fingerprint density at radius 3 is 2.30 bits per heavy atom. The van der Waals surface area contributed by atoms with E-state index in [9.17, 15) is 14.9 Å². The number of imide groups is 1. The molecule has 0 bridgehead atoms. The molecule has 2 aromatic rings. The fourth-order valence-electron chi connectivity index (χ4n) is 2.01. The predicted molar refractivity (Wildman–Crippen MR) is 87.2 cm³/mol. The molecule has 6 nitrogen and oxygen atoms in total. The van der Waals surface area contributed by atoms with Gasteiger partial charge >= 0.3 is 0 Å². The lowest BCUT2D eigenvalue weighted by molar-refractivity contribution is -0.124. The number of amides is 2. The standard InChI is InChI=1S/C14H9Cl3N4O2/c1-7(22)20(8(2)23)14-9(5-18)6-19-21(14)11-4-3-10(15)12(16)13(11)17/h3-4,6H,1-2H3.